The molecule has 0 heterocycles. The summed E-state index contributed by atoms with van der Waals surface area (Å²) in [6.07, 6.45) is 5.70. The number of hydrogen-bond donors (Lipinski definition) is 2. The van der Waals surface area contributed by atoms with Crippen molar-refractivity contribution < 1.29 is 31.5 Å². The molecule has 0 fully saturated rings. The molecule has 2 N–H and O–H groups in total. The Morgan fingerprint density at radius 2 is 1.60 bits per heavy atom. The summed E-state index contributed by atoms with van der Waals surface area (Å²) in [7, 11) is -6.84. The van der Waals surface area contributed by atoms with Crippen LogP contribution < -0.4 is 9.46 Å². The topological polar surface area (TPSA) is 127 Å². The van der Waals surface area contributed by atoms with Gasteiger partial charge in [-0.05, 0) is 80.5 Å². The average molecular weight is 526 g/mol. The van der Waals surface area contributed by atoms with Crippen LogP contribution in [-0.4, -0.2) is 46.5 Å². The van der Waals surface area contributed by atoms with Gasteiger partial charge >= 0.3 is 5.97 Å². The fourth-order valence-electron chi connectivity index (χ4n) is 3.70. The molecule has 0 saturated heterocycles. The van der Waals surface area contributed by atoms with Crippen molar-refractivity contribution >= 4 is 31.5 Å². The summed E-state index contributed by atoms with van der Waals surface area (Å²) in [5.41, 5.74) is 2.79. The number of ether oxygens (including phenoxy) is 1. The second-order valence-corrected chi connectivity index (χ2v) is 12.8. The summed E-state index contributed by atoms with van der Waals surface area (Å²) in [6.45, 7) is 3.83. The number of carboxylic acids is 1. The Labute approximate surface area is 208 Å². The first-order chi connectivity index (χ1) is 16.4. The second kappa shape index (κ2) is 12.9. The van der Waals surface area contributed by atoms with E-state index in [4.69, 9.17) is 9.84 Å². The Bertz CT molecular complexity index is 1200. The quantitative estimate of drug-likeness (QED) is 0.328. The first-order valence-corrected chi connectivity index (χ1v) is 15.2. The van der Waals surface area contributed by atoms with Gasteiger partial charge in [0.15, 0.2) is 0 Å². The van der Waals surface area contributed by atoms with Crippen LogP contribution in [0.4, 0.5) is 5.69 Å². The van der Waals surface area contributed by atoms with E-state index in [1.807, 2.05) is 6.07 Å². The Morgan fingerprint density at radius 1 is 0.943 bits per heavy atom. The molecular weight excluding hydrogens is 490 g/mol. The Kier molecular flexibility index (Phi) is 10.6. The summed E-state index contributed by atoms with van der Waals surface area (Å²) < 4.78 is 57.0. The molecule has 2 aromatic carbocycles. The number of carbonyl (C=O) groups is 1. The van der Waals surface area contributed by atoms with Crippen LogP contribution in [0.25, 0.3) is 0 Å². The molecule has 2 rings (SSSR count). The van der Waals surface area contributed by atoms with Gasteiger partial charge in [0.2, 0.25) is 0 Å². The zero-order valence-electron chi connectivity index (χ0n) is 20.5. The lowest BCUT2D eigenvalue weighted by Crippen LogP contribution is -2.15. The molecule has 0 unspecified atom stereocenters. The van der Waals surface area contributed by atoms with Gasteiger partial charge in [-0.3, -0.25) is 9.52 Å². The molecule has 8 nitrogen and oxygen atoms in total. The molecular formula is C25H35NO7S2. The lowest BCUT2D eigenvalue weighted by Gasteiger charge is -2.16. The number of aryl methyl sites for hydroxylation is 3. The number of anilines is 1. The summed E-state index contributed by atoms with van der Waals surface area (Å²) >= 11 is 0. The molecule has 2 aromatic rings. The lowest BCUT2D eigenvalue weighted by molar-refractivity contribution is -0.137. The van der Waals surface area contributed by atoms with Crippen LogP contribution in [0.1, 0.15) is 55.2 Å². The number of unbranched alkanes of at least 4 members (excludes halogenated alkanes) is 3. The van der Waals surface area contributed by atoms with E-state index < -0.39 is 25.8 Å². The highest BCUT2D eigenvalue weighted by atomic mass is 32.2. The number of carboxylic acid groups (broad SMARTS) is 1. The van der Waals surface area contributed by atoms with Gasteiger partial charge in [0.25, 0.3) is 10.0 Å². The summed E-state index contributed by atoms with van der Waals surface area (Å²) in [4.78, 5) is 10.8. The summed E-state index contributed by atoms with van der Waals surface area (Å²) in [6, 6.07) is 10.3. The monoisotopic (exact) mass is 525 g/mol. The minimum Gasteiger partial charge on any atom is -0.494 e. The molecule has 0 radical (unpaired) electrons. The molecule has 0 spiro atoms. The predicted octanol–water partition coefficient (Wildman–Crippen LogP) is 4.50. The van der Waals surface area contributed by atoms with E-state index in [-0.39, 0.29) is 23.7 Å². The first-order valence-electron chi connectivity index (χ1n) is 11.6. The van der Waals surface area contributed by atoms with Crippen molar-refractivity contribution in [2.75, 3.05) is 23.3 Å². The Balaban J connectivity index is 2.00. The fourth-order valence-corrected chi connectivity index (χ4v) is 5.61. The fraction of sp³-hybridized carbons (Fsp3) is 0.480. The van der Waals surface area contributed by atoms with Crippen LogP contribution in [0.2, 0.25) is 0 Å². The third kappa shape index (κ3) is 10.3. The largest absolute Gasteiger partial charge is 0.494 e. The van der Waals surface area contributed by atoms with E-state index in [2.05, 4.69) is 4.72 Å². The molecule has 0 saturated carbocycles. The van der Waals surface area contributed by atoms with Crippen LogP contribution >= 0.6 is 0 Å². The standard InChI is InChI=1S/C25H35NO7S2/c1-19-16-22(33-14-9-15-34(3,29)30)17-20(2)25(19)26-35(31,32)23-12-8-11-21(18-23)10-6-4-5-7-13-24(27)28/h8,11-12,16-18,26H,4-7,9-10,13-15H2,1-3H3,(H,27,28). The van der Waals surface area contributed by atoms with Crippen molar-refractivity contribution in [1.29, 1.82) is 0 Å². The van der Waals surface area contributed by atoms with Gasteiger partial charge in [0.05, 0.1) is 22.9 Å². The normalized spacial score (nSPS) is 11.9. The highest BCUT2D eigenvalue weighted by Gasteiger charge is 2.18. The predicted molar refractivity (Wildman–Crippen MR) is 137 cm³/mol. The first kappa shape index (κ1) is 28.6. The lowest BCUT2D eigenvalue weighted by atomic mass is 10.1. The number of benzene rings is 2. The van der Waals surface area contributed by atoms with E-state index in [0.29, 0.717) is 35.4 Å². The third-order valence-electron chi connectivity index (χ3n) is 5.49. The highest BCUT2D eigenvalue weighted by Crippen LogP contribution is 2.29. The Morgan fingerprint density at radius 3 is 2.23 bits per heavy atom. The average Bonchev–Trinajstić information content (AvgIpc) is 2.76. The second-order valence-electron chi connectivity index (χ2n) is 8.82. The van der Waals surface area contributed by atoms with E-state index in [1.165, 1.54) is 6.26 Å². The van der Waals surface area contributed by atoms with Crippen LogP contribution in [-0.2, 0) is 31.1 Å². The van der Waals surface area contributed by atoms with Gasteiger partial charge < -0.3 is 9.84 Å². The zero-order valence-corrected chi connectivity index (χ0v) is 22.2. The maximum absolute atomic E-state index is 13.1. The summed E-state index contributed by atoms with van der Waals surface area (Å²) in [5.74, 6) is -0.179. The van der Waals surface area contributed by atoms with Gasteiger partial charge in [-0.1, -0.05) is 25.0 Å². The smallest absolute Gasteiger partial charge is 0.303 e. The molecule has 0 bridgehead atoms. The molecule has 0 aliphatic carbocycles. The molecule has 0 atom stereocenters. The van der Waals surface area contributed by atoms with Crippen LogP contribution in [0, 0.1) is 13.8 Å². The van der Waals surface area contributed by atoms with Gasteiger partial charge in [-0.15, -0.1) is 0 Å². The third-order valence-corrected chi connectivity index (χ3v) is 7.86. The van der Waals surface area contributed by atoms with E-state index in [0.717, 1.165) is 31.2 Å². The molecule has 194 valence electrons. The zero-order chi connectivity index (χ0) is 26.1. The minimum absolute atomic E-state index is 0.0482. The molecule has 35 heavy (non-hydrogen) atoms. The SMILES string of the molecule is Cc1cc(OCCCS(C)(=O)=O)cc(C)c1NS(=O)(=O)c1cccc(CCCCCCC(=O)O)c1. The number of sulfonamides is 1. The van der Waals surface area contributed by atoms with E-state index in [9.17, 15) is 21.6 Å². The van der Waals surface area contributed by atoms with E-state index in [1.54, 1.807) is 44.2 Å². The number of sulfone groups is 1. The summed E-state index contributed by atoms with van der Waals surface area (Å²) in [5, 5.41) is 8.69. The number of aliphatic carboxylic acids is 1. The molecule has 0 amide bonds. The highest BCUT2D eigenvalue weighted by molar-refractivity contribution is 7.92. The van der Waals surface area contributed by atoms with Crippen molar-refractivity contribution in [1.82, 2.24) is 0 Å². The Hall–Kier alpha value is -2.59. The molecule has 0 aromatic heterocycles. The van der Waals surface area contributed by atoms with Gasteiger partial charge in [-0.25, -0.2) is 16.8 Å². The van der Waals surface area contributed by atoms with Gasteiger partial charge in [-0.2, -0.15) is 0 Å². The van der Waals surface area contributed by atoms with Crippen LogP contribution in [0.3, 0.4) is 0 Å². The van der Waals surface area contributed by atoms with Crippen LogP contribution in [0.5, 0.6) is 5.75 Å². The van der Waals surface area contributed by atoms with E-state index >= 15 is 0 Å². The maximum atomic E-state index is 13.1. The maximum Gasteiger partial charge on any atom is 0.303 e. The van der Waals surface area contributed by atoms with Crippen molar-refractivity contribution in [2.24, 2.45) is 0 Å². The van der Waals surface area contributed by atoms with Gasteiger partial charge in [0.1, 0.15) is 15.6 Å². The molecule has 0 aliphatic rings. The van der Waals surface area contributed by atoms with Crippen LogP contribution in [0.15, 0.2) is 41.3 Å². The number of nitrogens with one attached hydrogen (secondary N) is 1. The van der Waals surface area contributed by atoms with Crippen molar-refractivity contribution in [3.63, 3.8) is 0 Å². The van der Waals surface area contributed by atoms with Gasteiger partial charge in [0, 0.05) is 12.7 Å². The number of rotatable bonds is 15. The van der Waals surface area contributed by atoms with Crippen molar-refractivity contribution in [2.45, 2.75) is 63.7 Å². The molecule has 0 aliphatic heterocycles. The molecule has 10 heteroatoms. The number of hydrogen-bond acceptors (Lipinski definition) is 6. The van der Waals surface area contributed by atoms with Crippen molar-refractivity contribution in [3.8, 4) is 5.75 Å². The minimum atomic E-state index is -3.80. The van der Waals surface area contributed by atoms with Crippen molar-refractivity contribution in [3.05, 3.63) is 53.1 Å².